The number of anilines is 2. The first-order valence-electron chi connectivity index (χ1n) is 7.26. The fraction of sp³-hybridized carbons (Fsp3) is 0.118. The molecule has 122 valence electrons. The number of hydrogen-bond acceptors (Lipinski definition) is 3. The molecule has 2 aromatic carbocycles. The minimum Gasteiger partial charge on any atom is -0.321 e. The summed E-state index contributed by atoms with van der Waals surface area (Å²) in [6.07, 6.45) is 0.580. The molecule has 0 aromatic heterocycles. The molecule has 1 N–H and O–H groups in total. The molecule has 24 heavy (non-hydrogen) atoms. The van der Waals surface area contributed by atoms with Gasteiger partial charge in [-0.15, -0.1) is 0 Å². The van der Waals surface area contributed by atoms with Crippen LogP contribution in [0.25, 0.3) is 0 Å². The standard InChI is InChI=1S/C17H13Br2N3O2/c18-11-1-5-13(6-2-11)20-17(24)15-9-10-16(23)22(21-15)14-7-3-12(19)4-8-14/h1-8H,9-10H2,(H,20,24). The number of nitrogens with one attached hydrogen (secondary N) is 1. The normalized spacial score (nSPS) is 14.3. The van der Waals surface area contributed by atoms with E-state index in [0.717, 1.165) is 8.95 Å². The number of hydrazone groups is 1. The molecule has 7 heteroatoms. The smallest absolute Gasteiger partial charge is 0.271 e. The van der Waals surface area contributed by atoms with Crippen LogP contribution in [0.2, 0.25) is 0 Å². The molecule has 2 aromatic rings. The average Bonchev–Trinajstić information content (AvgIpc) is 2.58. The van der Waals surface area contributed by atoms with Crippen molar-refractivity contribution in [1.29, 1.82) is 0 Å². The molecule has 0 radical (unpaired) electrons. The number of halogens is 2. The van der Waals surface area contributed by atoms with Crippen LogP contribution in [0.5, 0.6) is 0 Å². The summed E-state index contributed by atoms with van der Waals surface area (Å²) >= 11 is 6.70. The number of carbonyl (C=O) groups is 2. The Labute approximate surface area is 156 Å². The molecule has 0 fully saturated rings. The van der Waals surface area contributed by atoms with Crippen molar-refractivity contribution in [3.8, 4) is 0 Å². The van der Waals surface area contributed by atoms with Crippen molar-refractivity contribution >= 4 is 60.8 Å². The van der Waals surface area contributed by atoms with Crippen LogP contribution in [0.15, 0.2) is 62.6 Å². The van der Waals surface area contributed by atoms with Gasteiger partial charge in [0.1, 0.15) is 5.71 Å². The number of hydrogen-bond donors (Lipinski definition) is 1. The number of nitrogens with zero attached hydrogens (tertiary/aromatic N) is 2. The van der Waals surface area contributed by atoms with Crippen molar-refractivity contribution in [3.63, 3.8) is 0 Å². The third-order valence-electron chi connectivity index (χ3n) is 3.47. The minimum absolute atomic E-state index is 0.127. The van der Waals surface area contributed by atoms with E-state index in [-0.39, 0.29) is 18.2 Å². The number of amides is 2. The molecule has 0 atom stereocenters. The van der Waals surface area contributed by atoms with Crippen LogP contribution in [-0.4, -0.2) is 17.5 Å². The molecule has 0 unspecified atom stereocenters. The van der Waals surface area contributed by atoms with Crippen molar-refractivity contribution in [2.24, 2.45) is 5.10 Å². The van der Waals surface area contributed by atoms with Gasteiger partial charge in [-0.2, -0.15) is 5.10 Å². The Hall–Kier alpha value is -1.99. The van der Waals surface area contributed by atoms with Crippen molar-refractivity contribution in [3.05, 3.63) is 57.5 Å². The molecule has 0 aliphatic carbocycles. The highest BCUT2D eigenvalue weighted by Crippen LogP contribution is 2.23. The monoisotopic (exact) mass is 449 g/mol. The van der Waals surface area contributed by atoms with Crippen molar-refractivity contribution in [1.82, 2.24) is 0 Å². The van der Waals surface area contributed by atoms with Crippen molar-refractivity contribution < 1.29 is 9.59 Å². The third kappa shape index (κ3) is 3.91. The van der Waals surface area contributed by atoms with E-state index in [1.54, 1.807) is 24.3 Å². The van der Waals surface area contributed by atoms with Gasteiger partial charge in [0.05, 0.1) is 5.69 Å². The minimum atomic E-state index is -0.299. The van der Waals surface area contributed by atoms with Gasteiger partial charge >= 0.3 is 0 Å². The fourth-order valence-electron chi connectivity index (χ4n) is 2.24. The summed E-state index contributed by atoms with van der Waals surface area (Å²) in [5.74, 6) is -0.426. The third-order valence-corrected chi connectivity index (χ3v) is 4.53. The zero-order valence-electron chi connectivity index (χ0n) is 12.5. The largest absolute Gasteiger partial charge is 0.321 e. The van der Waals surface area contributed by atoms with Crippen LogP contribution in [-0.2, 0) is 9.59 Å². The Morgan fingerprint density at radius 1 is 0.958 bits per heavy atom. The summed E-state index contributed by atoms with van der Waals surface area (Å²) in [7, 11) is 0. The van der Waals surface area contributed by atoms with Gasteiger partial charge < -0.3 is 5.32 Å². The quantitative estimate of drug-likeness (QED) is 0.756. The molecule has 0 saturated heterocycles. The number of rotatable bonds is 3. The summed E-state index contributed by atoms with van der Waals surface area (Å²) in [5, 5.41) is 8.32. The van der Waals surface area contributed by atoms with Crippen LogP contribution in [0, 0.1) is 0 Å². The molecule has 5 nitrogen and oxygen atoms in total. The summed E-state index contributed by atoms with van der Waals surface area (Å²) in [5.41, 5.74) is 1.65. The van der Waals surface area contributed by atoms with Gasteiger partial charge in [0.15, 0.2) is 0 Å². The molecule has 1 heterocycles. The first-order valence-corrected chi connectivity index (χ1v) is 8.84. The van der Waals surface area contributed by atoms with E-state index < -0.39 is 0 Å². The predicted molar refractivity (Wildman–Crippen MR) is 101 cm³/mol. The van der Waals surface area contributed by atoms with Crippen LogP contribution >= 0.6 is 31.9 Å². The van der Waals surface area contributed by atoms with E-state index in [0.29, 0.717) is 23.5 Å². The topological polar surface area (TPSA) is 61.8 Å². The second kappa shape index (κ2) is 7.27. The zero-order valence-corrected chi connectivity index (χ0v) is 15.7. The van der Waals surface area contributed by atoms with E-state index in [4.69, 9.17) is 0 Å². The second-order valence-corrected chi connectivity index (χ2v) is 7.02. The van der Waals surface area contributed by atoms with Gasteiger partial charge in [0.25, 0.3) is 5.91 Å². The number of carbonyl (C=O) groups excluding carboxylic acids is 2. The van der Waals surface area contributed by atoms with Crippen LogP contribution in [0.1, 0.15) is 12.8 Å². The van der Waals surface area contributed by atoms with E-state index >= 15 is 0 Å². The second-order valence-electron chi connectivity index (χ2n) is 5.19. The Bertz CT molecular complexity index is 802. The Balaban J connectivity index is 1.80. The van der Waals surface area contributed by atoms with E-state index in [1.807, 2.05) is 24.3 Å². The van der Waals surface area contributed by atoms with E-state index in [1.165, 1.54) is 5.01 Å². The number of benzene rings is 2. The van der Waals surface area contributed by atoms with Gasteiger partial charge in [-0.25, -0.2) is 5.01 Å². The molecule has 0 saturated carbocycles. The van der Waals surface area contributed by atoms with Gasteiger partial charge in [-0.3, -0.25) is 9.59 Å². The SMILES string of the molecule is O=C(Nc1ccc(Br)cc1)C1=NN(c2ccc(Br)cc2)C(=O)CC1. The molecule has 1 aliphatic rings. The molecule has 2 amide bonds. The Kier molecular flexibility index (Phi) is 5.11. The highest BCUT2D eigenvalue weighted by molar-refractivity contribution is 9.10. The molecule has 0 bridgehead atoms. The maximum Gasteiger partial charge on any atom is 0.271 e. The Morgan fingerprint density at radius 3 is 2.17 bits per heavy atom. The molecule has 3 rings (SSSR count). The lowest BCUT2D eigenvalue weighted by Crippen LogP contribution is -2.36. The van der Waals surface area contributed by atoms with Gasteiger partial charge in [0.2, 0.25) is 5.91 Å². The molecule has 1 aliphatic heterocycles. The molecular formula is C17H13Br2N3O2. The van der Waals surface area contributed by atoms with Gasteiger partial charge in [0, 0.05) is 27.5 Å². The zero-order chi connectivity index (χ0) is 17.1. The molecular weight excluding hydrogens is 438 g/mol. The summed E-state index contributed by atoms with van der Waals surface area (Å²) in [6.45, 7) is 0. The maximum atomic E-state index is 12.4. The molecule has 0 spiro atoms. The van der Waals surface area contributed by atoms with Crippen molar-refractivity contribution in [2.45, 2.75) is 12.8 Å². The summed E-state index contributed by atoms with van der Waals surface area (Å²) in [6, 6.07) is 14.5. The van der Waals surface area contributed by atoms with Crippen LogP contribution < -0.4 is 10.3 Å². The highest BCUT2D eigenvalue weighted by atomic mass is 79.9. The van der Waals surface area contributed by atoms with Crippen LogP contribution in [0.4, 0.5) is 11.4 Å². The lowest BCUT2D eigenvalue weighted by molar-refractivity contribution is -0.118. The average molecular weight is 451 g/mol. The van der Waals surface area contributed by atoms with E-state index in [2.05, 4.69) is 42.3 Å². The first kappa shape index (κ1) is 16.9. The van der Waals surface area contributed by atoms with E-state index in [9.17, 15) is 9.59 Å². The first-order chi connectivity index (χ1) is 11.5. The lowest BCUT2D eigenvalue weighted by Gasteiger charge is -2.23. The lowest BCUT2D eigenvalue weighted by atomic mass is 10.1. The van der Waals surface area contributed by atoms with Crippen molar-refractivity contribution in [2.75, 3.05) is 10.3 Å². The van der Waals surface area contributed by atoms with Gasteiger partial charge in [-0.05, 0) is 48.5 Å². The summed E-state index contributed by atoms with van der Waals surface area (Å²) in [4.78, 5) is 24.5. The van der Waals surface area contributed by atoms with Crippen LogP contribution in [0.3, 0.4) is 0 Å². The Morgan fingerprint density at radius 2 is 1.54 bits per heavy atom. The highest BCUT2D eigenvalue weighted by Gasteiger charge is 2.25. The fourth-order valence-corrected chi connectivity index (χ4v) is 2.77. The predicted octanol–water partition coefficient (Wildman–Crippen LogP) is 4.33. The summed E-state index contributed by atoms with van der Waals surface area (Å²) < 4.78 is 1.84. The van der Waals surface area contributed by atoms with Gasteiger partial charge in [-0.1, -0.05) is 31.9 Å². The maximum absolute atomic E-state index is 12.4.